The largest absolute Gasteiger partial charge is 0.507 e. The van der Waals surface area contributed by atoms with Gasteiger partial charge in [0.1, 0.15) is 11.6 Å². The molecule has 6 heteroatoms. The van der Waals surface area contributed by atoms with Crippen LogP contribution in [0.3, 0.4) is 0 Å². The first-order valence-electron chi connectivity index (χ1n) is 8.69. The number of phenolic OH excluding ortho intramolecular Hbond substituents is 1. The Labute approximate surface area is 158 Å². The fourth-order valence-electron chi connectivity index (χ4n) is 2.94. The number of nitrogens with one attached hydrogen (secondary N) is 1. The van der Waals surface area contributed by atoms with Gasteiger partial charge in [-0.1, -0.05) is 37.6 Å². The Hall–Kier alpha value is -2.37. The van der Waals surface area contributed by atoms with Crippen LogP contribution in [-0.2, 0) is 0 Å². The highest BCUT2D eigenvalue weighted by atomic mass is 35.5. The highest BCUT2D eigenvalue weighted by molar-refractivity contribution is 6.31. The average molecular weight is 371 g/mol. The molecule has 0 unspecified atom stereocenters. The molecule has 0 amide bonds. The van der Waals surface area contributed by atoms with Crippen molar-refractivity contribution in [2.45, 2.75) is 26.3 Å². The first kappa shape index (κ1) is 18.4. The van der Waals surface area contributed by atoms with Gasteiger partial charge in [0.05, 0.1) is 11.1 Å². The minimum Gasteiger partial charge on any atom is -0.507 e. The summed E-state index contributed by atoms with van der Waals surface area (Å²) in [6.07, 6.45) is 0.920. The number of anilines is 1. The molecular formula is C20H23ClN4O. The van der Waals surface area contributed by atoms with E-state index in [0.717, 1.165) is 17.3 Å². The number of fused-ring (bicyclic) bond motifs is 1. The third-order valence-corrected chi connectivity index (χ3v) is 4.34. The predicted octanol–water partition coefficient (Wildman–Crippen LogP) is 4.44. The molecule has 4 N–H and O–H groups in total. The number of aromatic hydroxyl groups is 1. The van der Waals surface area contributed by atoms with E-state index in [1.54, 1.807) is 24.3 Å². The summed E-state index contributed by atoms with van der Waals surface area (Å²) in [5.74, 6) is 1.79. The second-order valence-corrected chi connectivity index (χ2v) is 7.28. The topological polar surface area (TPSA) is 84.1 Å². The lowest BCUT2D eigenvalue weighted by molar-refractivity contribution is 0.477. The molecular weight excluding hydrogens is 348 g/mol. The van der Waals surface area contributed by atoms with Gasteiger partial charge in [-0.2, -0.15) is 0 Å². The van der Waals surface area contributed by atoms with Gasteiger partial charge in [0, 0.05) is 23.0 Å². The van der Waals surface area contributed by atoms with Crippen LogP contribution >= 0.6 is 11.6 Å². The molecule has 0 saturated carbocycles. The fraction of sp³-hybridized carbons (Fsp3) is 0.300. The van der Waals surface area contributed by atoms with E-state index >= 15 is 0 Å². The van der Waals surface area contributed by atoms with E-state index in [9.17, 15) is 5.11 Å². The molecule has 3 rings (SSSR count). The van der Waals surface area contributed by atoms with E-state index in [4.69, 9.17) is 17.3 Å². The third kappa shape index (κ3) is 4.23. The molecule has 0 saturated heterocycles. The molecule has 0 aliphatic rings. The van der Waals surface area contributed by atoms with Crippen LogP contribution in [0, 0.1) is 5.92 Å². The number of halogens is 1. The van der Waals surface area contributed by atoms with Gasteiger partial charge in [0.25, 0.3) is 0 Å². The Morgan fingerprint density at radius 2 is 1.92 bits per heavy atom. The van der Waals surface area contributed by atoms with Crippen molar-refractivity contribution in [3.63, 3.8) is 0 Å². The summed E-state index contributed by atoms with van der Waals surface area (Å²) in [7, 11) is 0. The third-order valence-electron chi connectivity index (χ3n) is 4.11. The summed E-state index contributed by atoms with van der Waals surface area (Å²) in [6, 6.07) is 12.5. The van der Waals surface area contributed by atoms with E-state index in [2.05, 4.69) is 29.1 Å². The van der Waals surface area contributed by atoms with Crippen LogP contribution in [-0.4, -0.2) is 27.7 Å². The molecule has 0 aliphatic carbocycles. The van der Waals surface area contributed by atoms with Gasteiger partial charge in [0.2, 0.25) is 0 Å². The molecule has 0 fully saturated rings. The molecule has 136 valence electrons. The Bertz CT molecular complexity index is 913. The van der Waals surface area contributed by atoms with Crippen molar-refractivity contribution in [1.82, 2.24) is 9.97 Å². The number of nitrogens with two attached hydrogens (primary N) is 1. The van der Waals surface area contributed by atoms with Crippen molar-refractivity contribution in [2.24, 2.45) is 11.7 Å². The number of hydrogen-bond donors (Lipinski definition) is 3. The highest BCUT2D eigenvalue weighted by Crippen LogP contribution is 2.31. The summed E-state index contributed by atoms with van der Waals surface area (Å²) in [5, 5.41) is 14.9. The van der Waals surface area contributed by atoms with Crippen LogP contribution in [0.2, 0.25) is 5.02 Å². The van der Waals surface area contributed by atoms with Gasteiger partial charge in [-0.15, -0.1) is 0 Å². The van der Waals surface area contributed by atoms with Gasteiger partial charge in [-0.25, -0.2) is 9.97 Å². The van der Waals surface area contributed by atoms with Crippen LogP contribution in [0.4, 0.5) is 5.82 Å². The maximum Gasteiger partial charge on any atom is 0.165 e. The summed E-state index contributed by atoms with van der Waals surface area (Å²) in [5.41, 5.74) is 7.53. The smallest absolute Gasteiger partial charge is 0.165 e. The number of aromatic nitrogens is 2. The summed E-state index contributed by atoms with van der Waals surface area (Å²) >= 11 is 6.16. The second-order valence-electron chi connectivity index (χ2n) is 6.84. The molecule has 26 heavy (non-hydrogen) atoms. The molecule has 3 aromatic rings. The maximum atomic E-state index is 10.1. The predicted molar refractivity (Wildman–Crippen MR) is 108 cm³/mol. The second kappa shape index (κ2) is 7.89. The molecule has 1 heterocycles. The van der Waals surface area contributed by atoms with Crippen molar-refractivity contribution in [3.8, 4) is 17.1 Å². The first-order chi connectivity index (χ1) is 12.4. The van der Waals surface area contributed by atoms with E-state index in [1.807, 2.05) is 18.2 Å². The van der Waals surface area contributed by atoms with E-state index < -0.39 is 0 Å². The lowest BCUT2D eigenvalue weighted by Crippen LogP contribution is -2.30. The lowest BCUT2D eigenvalue weighted by atomic mass is 10.0. The molecule has 0 bridgehead atoms. The van der Waals surface area contributed by atoms with Crippen molar-refractivity contribution in [2.75, 3.05) is 11.9 Å². The molecule has 1 atom stereocenters. The van der Waals surface area contributed by atoms with Crippen molar-refractivity contribution >= 4 is 28.3 Å². The van der Waals surface area contributed by atoms with Crippen LogP contribution in [0.5, 0.6) is 5.75 Å². The number of benzene rings is 2. The van der Waals surface area contributed by atoms with Crippen LogP contribution < -0.4 is 11.1 Å². The molecule has 0 radical (unpaired) electrons. The van der Waals surface area contributed by atoms with Crippen molar-refractivity contribution in [3.05, 3.63) is 47.5 Å². The average Bonchev–Trinajstić information content (AvgIpc) is 2.59. The summed E-state index contributed by atoms with van der Waals surface area (Å²) < 4.78 is 0. The lowest BCUT2D eigenvalue weighted by Gasteiger charge is -2.17. The fourth-order valence-corrected chi connectivity index (χ4v) is 3.11. The Morgan fingerprint density at radius 1 is 1.15 bits per heavy atom. The Balaban J connectivity index is 2.01. The van der Waals surface area contributed by atoms with Gasteiger partial charge < -0.3 is 16.2 Å². The summed E-state index contributed by atoms with van der Waals surface area (Å²) in [4.78, 5) is 9.21. The van der Waals surface area contributed by atoms with E-state index in [0.29, 0.717) is 34.7 Å². The monoisotopic (exact) mass is 370 g/mol. The van der Waals surface area contributed by atoms with Crippen molar-refractivity contribution < 1.29 is 5.11 Å². The van der Waals surface area contributed by atoms with Crippen LogP contribution in [0.1, 0.15) is 20.3 Å². The molecule has 0 aliphatic heterocycles. The molecule has 5 nitrogen and oxygen atoms in total. The van der Waals surface area contributed by atoms with Gasteiger partial charge in [-0.3, -0.25) is 0 Å². The Kier molecular flexibility index (Phi) is 5.59. The molecule has 2 aromatic carbocycles. The van der Waals surface area contributed by atoms with Gasteiger partial charge >= 0.3 is 0 Å². The SMILES string of the molecule is CC(C)C[C@@H](N)CNc1nc(-c2ccccc2O)nc2ccc(Cl)cc12. The van der Waals surface area contributed by atoms with Gasteiger partial charge in [0.15, 0.2) is 5.82 Å². The zero-order chi connectivity index (χ0) is 18.7. The van der Waals surface area contributed by atoms with Crippen LogP contribution in [0.25, 0.3) is 22.3 Å². The maximum absolute atomic E-state index is 10.1. The summed E-state index contributed by atoms with van der Waals surface area (Å²) in [6.45, 7) is 4.89. The normalized spacial score (nSPS) is 12.5. The number of rotatable bonds is 6. The number of phenols is 1. The van der Waals surface area contributed by atoms with E-state index in [1.165, 1.54) is 0 Å². The zero-order valence-corrected chi connectivity index (χ0v) is 15.7. The zero-order valence-electron chi connectivity index (χ0n) is 14.9. The quantitative estimate of drug-likeness (QED) is 0.597. The Morgan fingerprint density at radius 3 is 2.65 bits per heavy atom. The molecule has 0 spiro atoms. The first-order valence-corrected chi connectivity index (χ1v) is 9.07. The number of para-hydroxylation sites is 1. The number of hydrogen-bond acceptors (Lipinski definition) is 5. The van der Waals surface area contributed by atoms with Crippen molar-refractivity contribution in [1.29, 1.82) is 0 Å². The molecule has 1 aromatic heterocycles. The van der Waals surface area contributed by atoms with Crippen LogP contribution in [0.15, 0.2) is 42.5 Å². The standard InChI is InChI=1S/C20H23ClN4O/c1-12(2)9-14(22)11-23-19-16-10-13(21)7-8-17(16)24-20(25-19)15-5-3-4-6-18(15)26/h3-8,10,12,14,26H,9,11,22H2,1-2H3,(H,23,24,25)/t14-/m1/s1. The van der Waals surface area contributed by atoms with E-state index in [-0.39, 0.29) is 11.8 Å². The number of nitrogens with zero attached hydrogens (tertiary/aromatic N) is 2. The highest BCUT2D eigenvalue weighted by Gasteiger charge is 2.14. The minimum atomic E-state index is 0.0211. The minimum absolute atomic E-state index is 0.0211. The van der Waals surface area contributed by atoms with Gasteiger partial charge in [-0.05, 0) is 42.7 Å².